The summed E-state index contributed by atoms with van der Waals surface area (Å²) < 4.78 is 5.39. The molecule has 1 aliphatic heterocycles. The minimum Gasteiger partial charge on any atom is -0.530 e. The Bertz CT molecular complexity index is 1150. The van der Waals surface area contributed by atoms with Gasteiger partial charge in [-0.25, -0.2) is 19.7 Å². The maximum atomic E-state index is 14.1. The predicted molar refractivity (Wildman–Crippen MR) is 129 cm³/mol. The summed E-state index contributed by atoms with van der Waals surface area (Å²) in [5.41, 5.74) is 0.230. The number of ether oxygens (including phenoxy) is 1. The molecule has 3 rings (SSSR count). The van der Waals surface area contributed by atoms with E-state index in [9.17, 15) is 24.7 Å². The summed E-state index contributed by atoms with van der Waals surface area (Å²) in [4.78, 5) is 42.2. The van der Waals surface area contributed by atoms with Crippen molar-refractivity contribution in [3.05, 3.63) is 57.8 Å². The molecule has 1 saturated heterocycles. The van der Waals surface area contributed by atoms with E-state index in [0.717, 1.165) is 0 Å². The molecule has 0 radical (unpaired) electrons. The molecular weight excluding hydrogens is 511 g/mol. The Labute approximate surface area is 218 Å². The monoisotopic (exact) mass is 538 g/mol. The first-order chi connectivity index (χ1) is 16.8. The Morgan fingerprint density at radius 1 is 1.22 bits per heavy atom. The maximum Gasteiger partial charge on any atom is 0.345 e. The summed E-state index contributed by atoms with van der Waals surface area (Å²) >= 11 is 11.8. The van der Waals surface area contributed by atoms with E-state index in [0.29, 0.717) is 16.9 Å². The zero-order chi connectivity index (χ0) is 26.9. The Kier molecular flexibility index (Phi) is 7.85. The molecule has 1 aliphatic rings. The number of pyridine rings is 1. The third kappa shape index (κ3) is 4.99. The van der Waals surface area contributed by atoms with E-state index in [1.807, 2.05) is 0 Å². The highest BCUT2D eigenvalue weighted by Crippen LogP contribution is 2.45. The number of nitrogens with one attached hydrogen (secondary N) is 2. The van der Waals surface area contributed by atoms with E-state index in [2.05, 4.69) is 10.3 Å². The van der Waals surface area contributed by atoms with Gasteiger partial charge in [-0.1, -0.05) is 35.3 Å². The van der Waals surface area contributed by atoms with E-state index in [1.165, 1.54) is 6.92 Å². The van der Waals surface area contributed by atoms with Crippen LogP contribution in [0.25, 0.3) is 0 Å². The van der Waals surface area contributed by atoms with Crippen molar-refractivity contribution in [3.63, 3.8) is 0 Å². The van der Waals surface area contributed by atoms with Gasteiger partial charge < -0.3 is 20.0 Å². The van der Waals surface area contributed by atoms with E-state index in [-0.39, 0.29) is 34.4 Å². The van der Waals surface area contributed by atoms with Gasteiger partial charge in [-0.15, -0.1) is 0 Å². The number of hydrogen-bond donors (Lipinski definition) is 3. The number of hydroxylamine groups is 1. The number of carbonyl (C=O) groups is 3. The Balaban J connectivity index is 1.96. The Hall–Kier alpha value is -2.92. The second kappa shape index (κ2) is 10.2. The SMILES string of the molecule is CC(C(=O)NO)[N@@+]1(C(C)(C)C)CCC(NC(=O)[O-])(c2ccc(OCc3cc(Cl)nc(Cl)c3)cc2)C1=O. The van der Waals surface area contributed by atoms with Gasteiger partial charge in [0.2, 0.25) is 0 Å². The average Bonchev–Trinajstić information content (AvgIpc) is 3.09. The molecule has 3 amide bonds. The lowest BCUT2D eigenvalue weighted by Gasteiger charge is -2.47. The third-order valence-electron chi connectivity index (χ3n) is 6.81. The first kappa shape index (κ1) is 27.7. The molecule has 0 spiro atoms. The number of carbonyl (C=O) groups excluding carboxylic acids is 3. The van der Waals surface area contributed by atoms with Gasteiger partial charge in [0.15, 0.2) is 11.6 Å². The highest BCUT2D eigenvalue weighted by atomic mass is 35.5. The van der Waals surface area contributed by atoms with Gasteiger partial charge in [0.05, 0.1) is 12.1 Å². The standard InChI is InChI=1S/C24H28Cl2N4O6/c1-14(20(31)29-35)30(23(2,3)4)10-9-24(21(30)32,28-22(33)34)16-5-7-17(8-6-16)36-13-15-11-18(25)27-19(26)12-15/h5-8,11-12,14,28H,9-10,13H2,1-4H3,(H2-,29,31,33,34,35)/t14?,24?,30-/m0/s1. The largest absolute Gasteiger partial charge is 0.530 e. The van der Waals surface area contributed by atoms with Crippen molar-refractivity contribution < 1.29 is 33.9 Å². The van der Waals surface area contributed by atoms with Crippen LogP contribution in [0.3, 0.4) is 0 Å². The normalized spacial score (nSPS) is 22.7. The topological polar surface area (TPSA) is 141 Å². The Morgan fingerprint density at radius 3 is 2.31 bits per heavy atom. The van der Waals surface area contributed by atoms with Crippen molar-refractivity contribution in [1.29, 1.82) is 0 Å². The molecule has 0 aliphatic carbocycles. The fraction of sp³-hybridized carbons (Fsp3) is 0.417. The zero-order valence-electron chi connectivity index (χ0n) is 20.3. The van der Waals surface area contributed by atoms with Gasteiger partial charge in [-0.3, -0.25) is 10.0 Å². The number of hydrogen-bond acceptors (Lipinski definition) is 7. The van der Waals surface area contributed by atoms with E-state index in [4.69, 9.17) is 27.9 Å². The summed E-state index contributed by atoms with van der Waals surface area (Å²) in [5.74, 6) is -0.811. The second-order valence-electron chi connectivity index (χ2n) is 9.72. The zero-order valence-corrected chi connectivity index (χ0v) is 21.8. The fourth-order valence-electron chi connectivity index (χ4n) is 5.01. The van der Waals surface area contributed by atoms with Crippen molar-refractivity contribution in [1.82, 2.24) is 15.8 Å². The van der Waals surface area contributed by atoms with Crippen LogP contribution in [-0.4, -0.2) is 50.7 Å². The number of rotatable bonds is 7. The lowest BCUT2D eigenvalue weighted by molar-refractivity contribution is -0.907. The second-order valence-corrected chi connectivity index (χ2v) is 10.5. The molecule has 194 valence electrons. The van der Waals surface area contributed by atoms with Crippen LogP contribution >= 0.6 is 23.2 Å². The van der Waals surface area contributed by atoms with E-state index in [1.54, 1.807) is 62.6 Å². The maximum absolute atomic E-state index is 14.1. The minimum atomic E-state index is -1.67. The van der Waals surface area contributed by atoms with Gasteiger partial charge in [0.25, 0.3) is 0 Å². The highest BCUT2D eigenvalue weighted by molar-refractivity contribution is 6.32. The van der Waals surface area contributed by atoms with Crippen LogP contribution in [0.2, 0.25) is 10.3 Å². The summed E-state index contributed by atoms with van der Waals surface area (Å²) in [7, 11) is 0. The molecule has 36 heavy (non-hydrogen) atoms. The summed E-state index contributed by atoms with van der Waals surface area (Å²) in [6.07, 6.45) is -1.54. The first-order valence-electron chi connectivity index (χ1n) is 11.2. The molecule has 10 nitrogen and oxygen atoms in total. The van der Waals surface area contributed by atoms with Crippen molar-refractivity contribution in [2.75, 3.05) is 6.54 Å². The van der Waals surface area contributed by atoms with Crippen molar-refractivity contribution in [2.24, 2.45) is 0 Å². The molecule has 0 saturated carbocycles. The van der Waals surface area contributed by atoms with E-state index >= 15 is 0 Å². The highest BCUT2D eigenvalue weighted by Gasteiger charge is 2.66. The molecule has 12 heteroatoms. The predicted octanol–water partition coefficient (Wildman–Crippen LogP) is 2.54. The van der Waals surface area contributed by atoms with Crippen LogP contribution in [0.5, 0.6) is 5.75 Å². The average molecular weight is 539 g/mol. The molecule has 2 aromatic rings. The fourth-order valence-corrected chi connectivity index (χ4v) is 5.51. The van der Waals surface area contributed by atoms with Gasteiger partial charge in [0.1, 0.15) is 28.8 Å². The molecule has 1 aromatic heterocycles. The quantitative estimate of drug-likeness (QED) is 0.213. The number of carboxylic acid groups (broad SMARTS) is 1. The summed E-state index contributed by atoms with van der Waals surface area (Å²) in [6, 6.07) is 8.65. The van der Waals surface area contributed by atoms with Crippen LogP contribution in [0.1, 0.15) is 45.2 Å². The number of aromatic nitrogens is 1. The molecule has 2 heterocycles. The van der Waals surface area contributed by atoms with Crippen LogP contribution < -0.4 is 20.6 Å². The summed E-state index contributed by atoms with van der Waals surface area (Å²) in [5, 5.41) is 23.8. The number of halogens is 2. The third-order valence-corrected chi connectivity index (χ3v) is 7.19. The number of nitrogens with zero attached hydrogens (tertiary/aromatic N) is 2. The minimum absolute atomic E-state index is 0.0777. The number of likely N-dealkylation sites (tertiary alicyclic amines) is 1. The molecule has 2 unspecified atom stereocenters. The van der Waals surface area contributed by atoms with Gasteiger partial charge in [-0.2, -0.15) is 0 Å². The van der Waals surface area contributed by atoms with Crippen molar-refractivity contribution in [2.45, 2.75) is 57.8 Å². The molecular formula is C24H28Cl2N4O6. The number of amides is 3. The molecule has 3 atom stereocenters. The molecule has 0 bridgehead atoms. The Morgan fingerprint density at radius 2 is 1.81 bits per heavy atom. The van der Waals surface area contributed by atoms with Crippen LogP contribution in [-0.2, 0) is 21.7 Å². The van der Waals surface area contributed by atoms with E-state index < -0.39 is 35.0 Å². The molecule has 1 aromatic carbocycles. The number of benzene rings is 1. The lowest BCUT2D eigenvalue weighted by atomic mass is 9.87. The first-order valence-corrected chi connectivity index (χ1v) is 11.9. The smallest absolute Gasteiger partial charge is 0.345 e. The van der Waals surface area contributed by atoms with Gasteiger partial charge in [-0.05, 0) is 63.1 Å². The van der Waals surface area contributed by atoms with Gasteiger partial charge >= 0.3 is 11.8 Å². The summed E-state index contributed by atoms with van der Waals surface area (Å²) in [6.45, 7) is 7.19. The lowest BCUT2D eigenvalue weighted by Crippen LogP contribution is -2.71. The van der Waals surface area contributed by atoms with Crippen molar-refractivity contribution >= 4 is 41.1 Å². The molecule has 3 N–H and O–H groups in total. The van der Waals surface area contributed by atoms with Crippen molar-refractivity contribution in [3.8, 4) is 5.75 Å². The number of quaternary nitrogens is 1. The molecule has 1 fully saturated rings. The van der Waals surface area contributed by atoms with Crippen LogP contribution in [0.15, 0.2) is 36.4 Å². The van der Waals surface area contributed by atoms with Crippen LogP contribution in [0, 0.1) is 0 Å². The van der Waals surface area contributed by atoms with Crippen LogP contribution in [0.4, 0.5) is 4.79 Å². The van der Waals surface area contributed by atoms with Gasteiger partial charge in [0, 0.05) is 6.42 Å².